The summed E-state index contributed by atoms with van der Waals surface area (Å²) in [5.41, 5.74) is 0. The Labute approximate surface area is 88.4 Å². The summed E-state index contributed by atoms with van der Waals surface area (Å²) in [6, 6.07) is 0. The van der Waals surface area contributed by atoms with E-state index in [0.717, 1.165) is 31.6 Å². The molecule has 1 aliphatic rings. The minimum atomic E-state index is -0.159. The van der Waals surface area contributed by atoms with Crippen LogP contribution in [0.5, 0.6) is 0 Å². The van der Waals surface area contributed by atoms with Gasteiger partial charge in [-0.25, -0.2) is 4.98 Å². The van der Waals surface area contributed by atoms with Crippen molar-refractivity contribution >= 4 is 11.6 Å². The van der Waals surface area contributed by atoms with Crippen LogP contribution in [0.1, 0.15) is 36.8 Å². The molecule has 0 amide bonds. The molecule has 1 aromatic rings. The van der Waals surface area contributed by atoms with E-state index in [1.54, 1.807) is 6.20 Å². The Kier molecular flexibility index (Phi) is 3.08. The maximum atomic E-state index is 5.85. The third-order valence-corrected chi connectivity index (χ3v) is 2.55. The van der Waals surface area contributed by atoms with Crippen LogP contribution in [0.2, 0.25) is 0 Å². The minimum Gasteiger partial charge on any atom is -0.444 e. The second-order valence-corrected chi connectivity index (χ2v) is 4.27. The highest BCUT2D eigenvalue weighted by molar-refractivity contribution is 6.20. The van der Waals surface area contributed by atoms with Crippen molar-refractivity contribution in [1.82, 2.24) is 4.98 Å². The third kappa shape index (κ3) is 2.28. The lowest BCUT2D eigenvalue weighted by atomic mass is 10.1. The van der Waals surface area contributed by atoms with Crippen LogP contribution in [0.25, 0.3) is 0 Å². The highest BCUT2D eigenvalue weighted by Crippen LogP contribution is 2.22. The Bertz CT molecular complexity index is 292. The fraction of sp³-hybridized carbons (Fsp3) is 0.700. The van der Waals surface area contributed by atoms with Crippen molar-refractivity contribution in [2.24, 2.45) is 0 Å². The Morgan fingerprint density at radius 1 is 1.71 bits per heavy atom. The van der Waals surface area contributed by atoms with Gasteiger partial charge < -0.3 is 9.15 Å². The molecule has 1 aromatic heterocycles. The molecule has 1 aliphatic heterocycles. The average molecular weight is 216 g/mol. The number of rotatable bonds is 3. The van der Waals surface area contributed by atoms with Crippen molar-refractivity contribution in [3.63, 3.8) is 0 Å². The zero-order chi connectivity index (χ0) is 9.97. The van der Waals surface area contributed by atoms with E-state index < -0.39 is 0 Å². The molecule has 2 atom stereocenters. The van der Waals surface area contributed by atoms with E-state index in [1.165, 1.54) is 0 Å². The van der Waals surface area contributed by atoms with Gasteiger partial charge in [-0.05, 0) is 19.8 Å². The fourth-order valence-electron chi connectivity index (χ4n) is 1.63. The first-order chi connectivity index (χ1) is 6.75. The fourth-order valence-corrected chi connectivity index (χ4v) is 1.73. The van der Waals surface area contributed by atoms with Crippen molar-refractivity contribution in [3.05, 3.63) is 17.8 Å². The molecule has 78 valence electrons. The van der Waals surface area contributed by atoms with Crippen LogP contribution in [0, 0.1) is 0 Å². The summed E-state index contributed by atoms with van der Waals surface area (Å²) in [7, 11) is 0. The molecule has 0 aromatic carbocycles. The van der Waals surface area contributed by atoms with Crippen molar-refractivity contribution < 1.29 is 9.15 Å². The summed E-state index contributed by atoms with van der Waals surface area (Å²) >= 11 is 5.85. The van der Waals surface area contributed by atoms with Crippen LogP contribution in [-0.4, -0.2) is 17.7 Å². The maximum absolute atomic E-state index is 5.85. The Hall–Kier alpha value is -0.540. The molecule has 0 aliphatic carbocycles. The minimum absolute atomic E-state index is 0.159. The predicted octanol–water partition coefficient (Wildman–Crippen LogP) is 2.70. The third-order valence-electron chi connectivity index (χ3n) is 2.36. The lowest BCUT2D eigenvalue weighted by molar-refractivity contribution is 0.106. The van der Waals surface area contributed by atoms with E-state index in [-0.39, 0.29) is 5.38 Å². The van der Waals surface area contributed by atoms with E-state index in [1.807, 2.05) is 6.92 Å². The molecule has 0 N–H and O–H groups in total. The molecule has 0 saturated carbocycles. The van der Waals surface area contributed by atoms with Gasteiger partial charge in [0.15, 0.2) is 0 Å². The van der Waals surface area contributed by atoms with Crippen LogP contribution in [0.15, 0.2) is 10.6 Å². The number of alkyl halides is 1. The van der Waals surface area contributed by atoms with Crippen molar-refractivity contribution in [1.29, 1.82) is 0 Å². The molecule has 4 heteroatoms. The Morgan fingerprint density at radius 3 is 3.14 bits per heavy atom. The number of hydrogen-bond acceptors (Lipinski definition) is 3. The van der Waals surface area contributed by atoms with E-state index in [2.05, 4.69) is 4.98 Å². The summed E-state index contributed by atoms with van der Waals surface area (Å²) in [6.45, 7) is 2.72. The molecule has 2 heterocycles. The van der Waals surface area contributed by atoms with Gasteiger partial charge in [-0.3, -0.25) is 0 Å². The standard InChI is InChI=1S/C10H14ClNO2/c1-7(11)10-12-6-9(14-10)5-8-3-2-4-13-8/h6-8H,2-5H2,1H3. The Morgan fingerprint density at radius 2 is 2.57 bits per heavy atom. The summed E-state index contributed by atoms with van der Waals surface area (Å²) in [5.74, 6) is 1.47. The summed E-state index contributed by atoms with van der Waals surface area (Å²) in [6.07, 6.45) is 5.14. The number of hydrogen-bond donors (Lipinski definition) is 0. The van der Waals surface area contributed by atoms with Crippen LogP contribution >= 0.6 is 11.6 Å². The lowest BCUT2D eigenvalue weighted by Crippen LogP contribution is -2.07. The van der Waals surface area contributed by atoms with Crippen LogP contribution in [0.4, 0.5) is 0 Å². The van der Waals surface area contributed by atoms with Gasteiger partial charge in [0.05, 0.1) is 12.3 Å². The van der Waals surface area contributed by atoms with Gasteiger partial charge >= 0.3 is 0 Å². The van der Waals surface area contributed by atoms with Crippen molar-refractivity contribution in [2.75, 3.05) is 6.61 Å². The molecular weight excluding hydrogens is 202 g/mol. The van der Waals surface area contributed by atoms with Gasteiger partial charge in [0.1, 0.15) is 11.1 Å². The van der Waals surface area contributed by atoms with Crippen LogP contribution in [-0.2, 0) is 11.2 Å². The number of aromatic nitrogens is 1. The highest BCUT2D eigenvalue weighted by atomic mass is 35.5. The molecule has 14 heavy (non-hydrogen) atoms. The van der Waals surface area contributed by atoms with Crippen LogP contribution < -0.4 is 0 Å². The molecule has 0 radical (unpaired) electrons. The average Bonchev–Trinajstić information content (AvgIpc) is 2.75. The van der Waals surface area contributed by atoms with E-state index in [9.17, 15) is 0 Å². The van der Waals surface area contributed by atoms with Gasteiger partial charge in [-0.1, -0.05) is 0 Å². The number of halogens is 1. The first kappa shape index (κ1) is 9.99. The normalized spacial score (nSPS) is 24.0. The Balaban J connectivity index is 1.95. The van der Waals surface area contributed by atoms with Crippen molar-refractivity contribution in [2.45, 2.75) is 37.7 Å². The lowest BCUT2D eigenvalue weighted by Gasteiger charge is -2.05. The van der Waals surface area contributed by atoms with E-state index in [0.29, 0.717) is 12.0 Å². The van der Waals surface area contributed by atoms with Gasteiger partial charge in [0.25, 0.3) is 0 Å². The molecule has 1 fully saturated rings. The van der Waals surface area contributed by atoms with Gasteiger partial charge in [0, 0.05) is 13.0 Å². The molecule has 0 spiro atoms. The largest absolute Gasteiger partial charge is 0.444 e. The molecule has 0 bridgehead atoms. The quantitative estimate of drug-likeness (QED) is 0.728. The maximum Gasteiger partial charge on any atom is 0.212 e. The van der Waals surface area contributed by atoms with Crippen molar-refractivity contribution in [3.8, 4) is 0 Å². The molecule has 2 unspecified atom stereocenters. The molecule has 1 saturated heterocycles. The molecule has 3 nitrogen and oxygen atoms in total. The zero-order valence-corrected chi connectivity index (χ0v) is 8.96. The van der Waals surface area contributed by atoms with Gasteiger partial charge in [-0.15, -0.1) is 11.6 Å². The molecule has 2 rings (SSSR count). The highest BCUT2D eigenvalue weighted by Gasteiger charge is 2.18. The number of nitrogens with zero attached hydrogens (tertiary/aromatic N) is 1. The molecular formula is C10H14ClNO2. The topological polar surface area (TPSA) is 35.3 Å². The van der Waals surface area contributed by atoms with Gasteiger partial charge in [0.2, 0.25) is 5.89 Å². The number of oxazole rings is 1. The van der Waals surface area contributed by atoms with E-state index >= 15 is 0 Å². The second kappa shape index (κ2) is 4.32. The van der Waals surface area contributed by atoms with Gasteiger partial charge in [-0.2, -0.15) is 0 Å². The zero-order valence-electron chi connectivity index (χ0n) is 8.20. The first-order valence-corrected chi connectivity index (χ1v) is 5.39. The van der Waals surface area contributed by atoms with Crippen LogP contribution in [0.3, 0.4) is 0 Å². The summed E-state index contributed by atoms with van der Waals surface area (Å²) in [5, 5.41) is -0.159. The number of ether oxygens (including phenoxy) is 1. The predicted molar refractivity (Wildman–Crippen MR) is 53.4 cm³/mol. The summed E-state index contributed by atoms with van der Waals surface area (Å²) < 4.78 is 11.0. The smallest absolute Gasteiger partial charge is 0.212 e. The first-order valence-electron chi connectivity index (χ1n) is 4.96. The van der Waals surface area contributed by atoms with E-state index in [4.69, 9.17) is 20.8 Å². The SMILES string of the molecule is CC(Cl)c1ncc(CC2CCCO2)o1. The second-order valence-electron chi connectivity index (χ2n) is 3.62. The summed E-state index contributed by atoms with van der Waals surface area (Å²) in [4.78, 5) is 4.10. The monoisotopic (exact) mass is 215 g/mol.